The van der Waals surface area contributed by atoms with E-state index >= 15 is 0 Å². The number of rotatable bonds is 8. The monoisotopic (exact) mass is 537 g/mol. The van der Waals surface area contributed by atoms with Crippen LogP contribution >= 0.6 is 11.8 Å². The van der Waals surface area contributed by atoms with Gasteiger partial charge in [0, 0.05) is 43.0 Å². The summed E-state index contributed by atoms with van der Waals surface area (Å²) in [6, 6.07) is 14.1. The maximum absolute atomic E-state index is 13.6. The summed E-state index contributed by atoms with van der Waals surface area (Å²) in [5.41, 5.74) is 2.46. The highest BCUT2D eigenvalue weighted by Gasteiger charge is 2.40. The Morgan fingerprint density at radius 1 is 1.05 bits per heavy atom. The molecule has 2 heterocycles. The number of morpholine rings is 1. The Morgan fingerprint density at radius 2 is 1.79 bits per heavy atom. The predicted molar refractivity (Wildman–Crippen MR) is 149 cm³/mol. The molecule has 2 aromatic rings. The van der Waals surface area contributed by atoms with Crippen LogP contribution in [-0.2, 0) is 16.1 Å². The van der Waals surface area contributed by atoms with E-state index in [1.807, 2.05) is 35.2 Å². The molecule has 3 fully saturated rings. The number of fused-ring (bicyclic) bond motifs is 1. The minimum atomic E-state index is -0.268. The lowest BCUT2D eigenvalue weighted by molar-refractivity contribution is -0.130. The fourth-order valence-corrected chi connectivity index (χ4v) is 6.93. The number of amides is 2. The van der Waals surface area contributed by atoms with Crippen molar-refractivity contribution in [1.29, 1.82) is 0 Å². The van der Waals surface area contributed by atoms with Crippen LogP contribution in [-0.4, -0.2) is 72.3 Å². The number of halogens is 1. The van der Waals surface area contributed by atoms with Gasteiger partial charge in [-0.1, -0.05) is 37.1 Å². The second kappa shape index (κ2) is 12.9. The molecule has 1 aliphatic carbocycles. The van der Waals surface area contributed by atoms with Crippen molar-refractivity contribution in [3.63, 3.8) is 0 Å². The minimum absolute atomic E-state index is 0.0320. The van der Waals surface area contributed by atoms with Gasteiger partial charge in [-0.3, -0.25) is 14.5 Å². The third-order valence-corrected chi connectivity index (χ3v) is 8.99. The number of ether oxygens (including phenoxy) is 1. The van der Waals surface area contributed by atoms with Crippen LogP contribution in [0.2, 0.25) is 0 Å². The molecule has 5 rings (SSSR count). The summed E-state index contributed by atoms with van der Waals surface area (Å²) in [5.74, 6) is -0.315. The Balaban J connectivity index is 1.21. The average molecular weight is 538 g/mol. The van der Waals surface area contributed by atoms with E-state index in [-0.39, 0.29) is 23.7 Å². The number of carbonyl (C=O) groups excluding carboxylic acids is 2. The van der Waals surface area contributed by atoms with Gasteiger partial charge in [0.25, 0.3) is 11.8 Å². The minimum Gasteiger partial charge on any atom is -0.379 e. The Labute approximate surface area is 228 Å². The number of hydrogen-bond donors (Lipinski definition) is 1. The zero-order valence-electron chi connectivity index (χ0n) is 21.7. The van der Waals surface area contributed by atoms with Gasteiger partial charge >= 0.3 is 0 Å². The van der Waals surface area contributed by atoms with Crippen molar-refractivity contribution in [2.45, 2.75) is 49.9 Å². The molecule has 2 aromatic carbocycles. The van der Waals surface area contributed by atoms with Gasteiger partial charge in [-0.05, 0) is 67.3 Å². The van der Waals surface area contributed by atoms with E-state index in [1.54, 1.807) is 23.9 Å². The first-order valence-electron chi connectivity index (χ1n) is 13.7. The summed E-state index contributed by atoms with van der Waals surface area (Å²) < 4.78 is 18.8. The number of thioether (sulfide) groups is 1. The molecule has 2 amide bonds. The lowest BCUT2D eigenvalue weighted by atomic mass is 9.92. The highest BCUT2D eigenvalue weighted by molar-refractivity contribution is 8.04. The van der Waals surface area contributed by atoms with E-state index in [0.29, 0.717) is 23.9 Å². The molecule has 2 saturated heterocycles. The molecule has 8 heteroatoms. The van der Waals surface area contributed by atoms with Crippen LogP contribution in [0.5, 0.6) is 0 Å². The molecule has 0 radical (unpaired) electrons. The fraction of sp³-hybridized carbons (Fsp3) is 0.467. The molecule has 0 spiro atoms. The summed E-state index contributed by atoms with van der Waals surface area (Å²) in [4.78, 5) is 31.3. The van der Waals surface area contributed by atoms with Gasteiger partial charge in [0.2, 0.25) is 0 Å². The zero-order chi connectivity index (χ0) is 26.3. The molecule has 0 aromatic heterocycles. The normalized spacial score (nSPS) is 23.3. The summed E-state index contributed by atoms with van der Waals surface area (Å²) in [5, 5.41) is 3.38. The quantitative estimate of drug-likeness (QED) is 0.391. The van der Waals surface area contributed by atoms with Crippen molar-refractivity contribution in [2.24, 2.45) is 0 Å². The first-order valence-corrected chi connectivity index (χ1v) is 14.6. The van der Waals surface area contributed by atoms with Crippen molar-refractivity contribution in [2.75, 3.05) is 39.4 Å². The molecule has 1 N–H and O–H groups in total. The van der Waals surface area contributed by atoms with Crippen molar-refractivity contribution in [3.8, 4) is 0 Å². The Bertz CT molecular complexity index is 1130. The van der Waals surface area contributed by atoms with E-state index in [2.05, 4.69) is 10.2 Å². The van der Waals surface area contributed by atoms with Crippen LogP contribution in [0.25, 0.3) is 6.08 Å². The Morgan fingerprint density at radius 3 is 2.55 bits per heavy atom. The largest absolute Gasteiger partial charge is 0.379 e. The molecular formula is C30H36FN3O3S. The molecule has 38 heavy (non-hydrogen) atoms. The van der Waals surface area contributed by atoms with Crippen molar-refractivity contribution in [1.82, 2.24) is 15.1 Å². The van der Waals surface area contributed by atoms with Gasteiger partial charge in [-0.15, -0.1) is 11.8 Å². The second-order valence-electron chi connectivity index (χ2n) is 10.3. The van der Waals surface area contributed by atoms with Crippen molar-refractivity contribution < 1.29 is 18.7 Å². The number of benzene rings is 2. The lowest BCUT2D eigenvalue weighted by Crippen LogP contribution is -2.50. The molecule has 2 unspecified atom stereocenters. The summed E-state index contributed by atoms with van der Waals surface area (Å²) in [6.45, 7) is 5.57. The number of nitrogens with one attached hydrogen (secondary N) is 1. The zero-order valence-corrected chi connectivity index (χ0v) is 22.6. The molecular weight excluding hydrogens is 501 g/mol. The molecule has 0 bridgehead atoms. The van der Waals surface area contributed by atoms with E-state index < -0.39 is 0 Å². The molecule has 2 aliphatic heterocycles. The maximum Gasteiger partial charge on any atom is 0.260 e. The van der Waals surface area contributed by atoms with Crippen LogP contribution < -0.4 is 5.32 Å². The van der Waals surface area contributed by atoms with Crippen LogP contribution in [0.1, 0.15) is 53.6 Å². The maximum atomic E-state index is 13.6. The first-order chi connectivity index (χ1) is 18.6. The topological polar surface area (TPSA) is 61.9 Å². The van der Waals surface area contributed by atoms with Crippen LogP contribution in [0.15, 0.2) is 53.4 Å². The first kappa shape index (κ1) is 26.9. The summed E-state index contributed by atoms with van der Waals surface area (Å²) in [7, 11) is 0. The van der Waals surface area contributed by atoms with Crippen molar-refractivity contribution in [3.05, 3.63) is 75.9 Å². The fourth-order valence-electron chi connectivity index (χ4n) is 5.46. The van der Waals surface area contributed by atoms with E-state index in [4.69, 9.17) is 4.74 Å². The third kappa shape index (κ3) is 6.84. The van der Waals surface area contributed by atoms with Gasteiger partial charge in [-0.2, -0.15) is 0 Å². The molecule has 2 atom stereocenters. The highest BCUT2D eigenvalue weighted by Crippen LogP contribution is 2.42. The van der Waals surface area contributed by atoms with Gasteiger partial charge in [0.1, 0.15) is 5.82 Å². The molecule has 6 nitrogen and oxygen atoms in total. The van der Waals surface area contributed by atoms with Gasteiger partial charge in [0.15, 0.2) is 0 Å². The second-order valence-corrected chi connectivity index (χ2v) is 11.5. The third-order valence-electron chi connectivity index (χ3n) is 7.60. The van der Waals surface area contributed by atoms with E-state index in [0.717, 1.165) is 74.6 Å². The molecule has 3 aliphatic rings. The Hall–Kier alpha value is -2.68. The van der Waals surface area contributed by atoms with Crippen LogP contribution in [0.3, 0.4) is 0 Å². The smallest absolute Gasteiger partial charge is 0.260 e. The number of nitrogens with zero attached hydrogens (tertiary/aromatic N) is 2. The summed E-state index contributed by atoms with van der Waals surface area (Å²) >= 11 is 1.69. The standard InChI is InChI=1S/C30H36FN3O3S/c31-25-12-8-23(9-13-25)21-34-26-4-1-2-5-27(26)38-28(30(34)36)20-22-6-10-24(11-7-22)29(35)32-14-3-15-33-16-18-37-19-17-33/h6-13,20,26-27H,1-5,14-19,21H2,(H,32,35)/b28-20-. The van der Waals surface area contributed by atoms with Crippen LogP contribution in [0, 0.1) is 5.82 Å². The average Bonchev–Trinajstić information content (AvgIpc) is 2.95. The van der Waals surface area contributed by atoms with Crippen LogP contribution in [0.4, 0.5) is 4.39 Å². The molecule has 1 saturated carbocycles. The van der Waals surface area contributed by atoms with E-state index in [1.165, 1.54) is 18.6 Å². The van der Waals surface area contributed by atoms with Gasteiger partial charge in [-0.25, -0.2) is 4.39 Å². The number of carbonyl (C=O) groups is 2. The Kier molecular flexibility index (Phi) is 9.14. The number of hydrogen-bond acceptors (Lipinski definition) is 5. The van der Waals surface area contributed by atoms with Gasteiger partial charge in [0.05, 0.1) is 18.1 Å². The highest BCUT2D eigenvalue weighted by atomic mass is 32.2. The summed E-state index contributed by atoms with van der Waals surface area (Å²) in [6.07, 6.45) is 7.25. The SMILES string of the molecule is O=C(NCCCN1CCOCC1)c1ccc(/C=C2\SC3CCCCC3N(Cc3ccc(F)cc3)C2=O)cc1. The van der Waals surface area contributed by atoms with Gasteiger partial charge < -0.3 is 15.0 Å². The molecule has 202 valence electrons. The predicted octanol–water partition coefficient (Wildman–Crippen LogP) is 4.71. The van der Waals surface area contributed by atoms with Crippen molar-refractivity contribution >= 4 is 29.7 Å². The van der Waals surface area contributed by atoms with E-state index in [9.17, 15) is 14.0 Å². The lowest BCUT2D eigenvalue weighted by Gasteiger charge is -2.44.